The Hall–Kier alpha value is -3.26. The van der Waals surface area contributed by atoms with E-state index in [9.17, 15) is 9.59 Å². The average Bonchev–Trinajstić information content (AvgIpc) is 3.16. The first-order valence-electron chi connectivity index (χ1n) is 10.5. The number of ether oxygens (including phenoxy) is 1. The number of aromatic nitrogens is 1. The molecule has 5 rings (SSSR count). The Bertz CT molecular complexity index is 1650. The second-order valence-electron chi connectivity index (χ2n) is 7.38. The van der Waals surface area contributed by atoms with E-state index in [1.165, 1.54) is 11.3 Å². The molecule has 33 heavy (non-hydrogen) atoms. The number of nitrogens with zero attached hydrogens (tertiary/aromatic N) is 2. The number of hydrogen-bond donors (Lipinski definition) is 0. The zero-order chi connectivity index (χ0) is 22.9. The fraction of sp³-hybridized carbons (Fsp3) is 0.160. The molecule has 8 heteroatoms. The number of carbonyl (C=O) groups excluding carboxylic acids is 1. The molecule has 166 valence electrons. The van der Waals surface area contributed by atoms with Crippen LogP contribution >= 0.6 is 22.9 Å². The monoisotopic (exact) mass is 478 g/mol. The largest absolute Gasteiger partial charge is 0.422 e. The van der Waals surface area contributed by atoms with Gasteiger partial charge in [-0.25, -0.2) is 4.79 Å². The third kappa shape index (κ3) is 3.99. The third-order valence-electron chi connectivity index (χ3n) is 5.38. The molecule has 0 saturated heterocycles. The van der Waals surface area contributed by atoms with Crippen molar-refractivity contribution in [2.45, 2.75) is 13.5 Å². The van der Waals surface area contributed by atoms with Gasteiger partial charge >= 0.3 is 5.63 Å². The fourth-order valence-electron chi connectivity index (χ4n) is 3.85. The second kappa shape index (κ2) is 8.94. The molecule has 0 radical (unpaired) electrons. The van der Waals surface area contributed by atoms with Gasteiger partial charge in [-0.2, -0.15) is 4.99 Å². The zero-order valence-corrected chi connectivity index (χ0v) is 19.3. The summed E-state index contributed by atoms with van der Waals surface area (Å²) >= 11 is 7.78. The first-order valence-corrected chi connectivity index (χ1v) is 11.7. The minimum absolute atomic E-state index is 0.112. The van der Waals surface area contributed by atoms with Crippen LogP contribution in [0, 0.1) is 0 Å². The SMILES string of the molecule is CCOCCn1c(=NC(=O)c2cc3c(ccc4ccccc43)oc2=O)sc2cccc(Cl)c21. The van der Waals surface area contributed by atoms with Gasteiger partial charge in [0.05, 0.1) is 21.8 Å². The summed E-state index contributed by atoms with van der Waals surface area (Å²) in [4.78, 5) is 30.5. The average molecular weight is 479 g/mol. The summed E-state index contributed by atoms with van der Waals surface area (Å²) in [6, 6.07) is 18.5. The van der Waals surface area contributed by atoms with Gasteiger partial charge in [-0.15, -0.1) is 0 Å². The van der Waals surface area contributed by atoms with Gasteiger partial charge in [-0.1, -0.05) is 59.3 Å². The van der Waals surface area contributed by atoms with Crippen LogP contribution in [0.15, 0.2) is 74.9 Å². The number of halogens is 1. The molecular formula is C25H19ClN2O4S. The number of rotatable bonds is 5. The van der Waals surface area contributed by atoms with Crippen molar-refractivity contribution in [1.82, 2.24) is 4.57 Å². The summed E-state index contributed by atoms with van der Waals surface area (Å²) in [5.74, 6) is -0.661. The number of benzene rings is 3. The van der Waals surface area contributed by atoms with E-state index in [-0.39, 0.29) is 5.56 Å². The van der Waals surface area contributed by atoms with Crippen molar-refractivity contribution in [3.63, 3.8) is 0 Å². The van der Waals surface area contributed by atoms with E-state index in [4.69, 9.17) is 20.8 Å². The molecule has 2 aromatic heterocycles. The Morgan fingerprint density at radius 1 is 1.12 bits per heavy atom. The van der Waals surface area contributed by atoms with Crippen molar-refractivity contribution >= 4 is 60.8 Å². The summed E-state index contributed by atoms with van der Waals surface area (Å²) in [6.07, 6.45) is 0. The van der Waals surface area contributed by atoms with Gasteiger partial charge in [0.15, 0.2) is 4.80 Å². The van der Waals surface area contributed by atoms with Crippen LogP contribution < -0.4 is 10.4 Å². The Morgan fingerprint density at radius 3 is 2.82 bits per heavy atom. The standard InChI is InChI=1S/C25H19ClN2O4S/c1-2-31-13-12-28-22-19(26)8-5-9-21(22)33-25(28)27-23(29)18-14-17-16-7-4-3-6-15(16)10-11-20(17)32-24(18)30/h3-11,14H,2,12-13H2,1H3. The quantitative estimate of drug-likeness (QED) is 0.193. The molecule has 0 unspecified atom stereocenters. The minimum Gasteiger partial charge on any atom is -0.422 e. The molecule has 2 heterocycles. The van der Waals surface area contributed by atoms with E-state index >= 15 is 0 Å². The van der Waals surface area contributed by atoms with Crippen molar-refractivity contribution in [2.24, 2.45) is 4.99 Å². The highest BCUT2D eigenvalue weighted by molar-refractivity contribution is 7.16. The molecule has 0 aliphatic heterocycles. The van der Waals surface area contributed by atoms with Crippen LogP contribution in [-0.2, 0) is 11.3 Å². The number of fused-ring (bicyclic) bond motifs is 4. The number of hydrogen-bond acceptors (Lipinski definition) is 5. The maximum absolute atomic E-state index is 13.2. The highest BCUT2D eigenvalue weighted by atomic mass is 35.5. The zero-order valence-electron chi connectivity index (χ0n) is 17.7. The normalized spacial score (nSPS) is 12.2. The van der Waals surface area contributed by atoms with Crippen molar-refractivity contribution < 1.29 is 13.9 Å². The fourth-order valence-corrected chi connectivity index (χ4v) is 5.26. The Labute approximate surface area is 197 Å². The molecular weight excluding hydrogens is 460 g/mol. The van der Waals surface area contributed by atoms with Crippen LogP contribution in [0.2, 0.25) is 5.02 Å². The number of thiazole rings is 1. The summed E-state index contributed by atoms with van der Waals surface area (Å²) < 4.78 is 13.7. The lowest BCUT2D eigenvalue weighted by atomic mass is 10.0. The van der Waals surface area contributed by atoms with E-state index in [1.807, 2.05) is 54.0 Å². The molecule has 0 aliphatic carbocycles. The van der Waals surface area contributed by atoms with E-state index in [1.54, 1.807) is 18.2 Å². The van der Waals surface area contributed by atoms with Gasteiger partial charge in [0.1, 0.15) is 11.1 Å². The summed E-state index contributed by atoms with van der Waals surface area (Å²) in [5, 5.41) is 3.14. The lowest BCUT2D eigenvalue weighted by Gasteiger charge is -2.06. The molecule has 0 N–H and O–H groups in total. The van der Waals surface area contributed by atoms with E-state index in [0.29, 0.717) is 40.6 Å². The Morgan fingerprint density at radius 2 is 1.97 bits per heavy atom. The highest BCUT2D eigenvalue weighted by Gasteiger charge is 2.16. The van der Waals surface area contributed by atoms with E-state index in [2.05, 4.69) is 4.99 Å². The van der Waals surface area contributed by atoms with Gasteiger partial charge in [-0.3, -0.25) is 4.79 Å². The first kappa shape index (κ1) is 21.6. The molecule has 0 spiro atoms. The molecule has 0 aliphatic rings. The lowest BCUT2D eigenvalue weighted by Crippen LogP contribution is -2.21. The van der Waals surface area contributed by atoms with Crippen molar-refractivity contribution in [3.05, 3.63) is 86.5 Å². The number of para-hydroxylation sites is 1. The van der Waals surface area contributed by atoms with Gasteiger partial charge < -0.3 is 13.7 Å². The second-order valence-corrected chi connectivity index (χ2v) is 8.80. The maximum Gasteiger partial charge on any atom is 0.349 e. The number of carbonyl (C=O) groups is 1. The van der Waals surface area contributed by atoms with E-state index < -0.39 is 11.5 Å². The van der Waals surface area contributed by atoms with Crippen LogP contribution in [0.1, 0.15) is 17.3 Å². The van der Waals surface area contributed by atoms with Crippen molar-refractivity contribution in [1.29, 1.82) is 0 Å². The predicted octanol–water partition coefficient (Wildman–Crippen LogP) is 5.39. The van der Waals surface area contributed by atoms with Crippen molar-refractivity contribution in [3.8, 4) is 0 Å². The van der Waals surface area contributed by atoms with Crippen LogP contribution in [0.25, 0.3) is 32.0 Å². The van der Waals surface area contributed by atoms with Gasteiger partial charge in [0.25, 0.3) is 5.91 Å². The topological polar surface area (TPSA) is 73.8 Å². The minimum atomic E-state index is -0.716. The van der Waals surface area contributed by atoms with Crippen LogP contribution in [0.3, 0.4) is 0 Å². The van der Waals surface area contributed by atoms with Gasteiger partial charge in [0.2, 0.25) is 0 Å². The number of amides is 1. The van der Waals surface area contributed by atoms with Crippen LogP contribution in [0.4, 0.5) is 0 Å². The molecule has 0 saturated carbocycles. The van der Waals surface area contributed by atoms with Crippen LogP contribution in [-0.4, -0.2) is 23.7 Å². The predicted molar refractivity (Wildman–Crippen MR) is 131 cm³/mol. The molecule has 6 nitrogen and oxygen atoms in total. The van der Waals surface area contributed by atoms with E-state index in [0.717, 1.165) is 21.0 Å². The Kier molecular flexibility index (Phi) is 5.85. The molecule has 1 amide bonds. The molecule has 3 aromatic carbocycles. The smallest absolute Gasteiger partial charge is 0.349 e. The maximum atomic E-state index is 13.2. The molecule has 0 atom stereocenters. The lowest BCUT2D eigenvalue weighted by molar-refractivity contribution is 0.0993. The van der Waals surface area contributed by atoms with Crippen molar-refractivity contribution in [2.75, 3.05) is 13.2 Å². The molecule has 0 fully saturated rings. The van der Waals surface area contributed by atoms with Gasteiger partial charge in [-0.05, 0) is 42.0 Å². The first-order chi connectivity index (χ1) is 16.1. The summed E-state index contributed by atoms with van der Waals surface area (Å²) in [7, 11) is 0. The summed E-state index contributed by atoms with van der Waals surface area (Å²) in [5.41, 5.74) is 0.382. The highest BCUT2D eigenvalue weighted by Crippen LogP contribution is 2.26. The summed E-state index contributed by atoms with van der Waals surface area (Å²) in [6.45, 7) is 3.41. The molecule has 0 bridgehead atoms. The van der Waals surface area contributed by atoms with Crippen LogP contribution in [0.5, 0.6) is 0 Å². The Balaban J connectivity index is 1.67. The molecule has 5 aromatic rings. The van der Waals surface area contributed by atoms with Gasteiger partial charge in [0, 0.05) is 18.5 Å². The third-order valence-corrected chi connectivity index (χ3v) is 6.73.